The molecule has 7 heteroatoms. The summed E-state index contributed by atoms with van der Waals surface area (Å²) in [5.41, 5.74) is 7.04. The Labute approximate surface area is 133 Å². The molecular formula is C16H19N5O2. The van der Waals surface area contributed by atoms with Crippen LogP contribution in [-0.4, -0.2) is 31.2 Å². The molecule has 3 N–H and O–H groups in total. The molecule has 0 fully saturated rings. The maximum Gasteiger partial charge on any atom is 0.303 e. The second-order valence-corrected chi connectivity index (χ2v) is 5.70. The molecule has 0 radical (unpaired) electrons. The Morgan fingerprint density at radius 1 is 1.26 bits per heavy atom. The lowest BCUT2D eigenvalue weighted by Gasteiger charge is -2.18. The second kappa shape index (κ2) is 5.51. The van der Waals surface area contributed by atoms with Crippen LogP contribution in [0.25, 0.3) is 16.9 Å². The number of nitrogens with zero attached hydrogens (tertiary/aromatic N) is 4. The third-order valence-electron chi connectivity index (χ3n) is 3.49. The number of anilines is 1. The van der Waals surface area contributed by atoms with Crippen molar-refractivity contribution in [2.45, 2.75) is 26.4 Å². The summed E-state index contributed by atoms with van der Waals surface area (Å²) in [6.45, 7) is 5.84. The van der Waals surface area contributed by atoms with Crippen LogP contribution in [0.4, 0.5) is 5.95 Å². The molecule has 120 valence electrons. The quantitative estimate of drug-likeness (QED) is 0.764. The predicted octanol–water partition coefficient (Wildman–Crippen LogP) is 2.02. The first-order valence-electron chi connectivity index (χ1n) is 7.37. The van der Waals surface area contributed by atoms with E-state index in [0.717, 1.165) is 16.6 Å². The summed E-state index contributed by atoms with van der Waals surface area (Å²) in [6.07, 6.45) is 1.58. The molecule has 3 rings (SSSR count). The average molecular weight is 313 g/mol. The van der Waals surface area contributed by atoms with Crippen molar-refractivity contribution >= 4 is 17.0 Å². The molecule has 0 saturated heterocycles. The number of rotatable bonds is 4. The first-order valence-corrected chi connectivity index (χ1v) is 7.37. The molecule has 0 spiro atoms. The smallest absolute Gasteiger partial charge is 0.303 e. The minimum Gasteiger partial charge on any atom is -0.465 e. The van der Waals surface area contributed by atoms with E-state index in [1.807, 2.05) is 25.1 Å². The van der Waals surface area contributed by atoms with Gasteiger partial charge in [-0.3, -0.25) is 0 Å². The van der Waals surface area contributed by atoms with Gasteiger partial charge in [-0.15, -0.1) is 0 Å². The summed E-state index contributed by atoms with van der Waals surface area (Å²) in [6, 6.07) is 7.74. The van der Waals surface area contributed by atoms with E-state index in [0.29, 0.717) is 18.4 Å². The van der Waals surface area contributed by atoms with Gasteiger partial charge in [-0.2, -0.15) is 9.97 Å². The van der Waals surface area contributed by atoms with Crippen molar-refractivity contribution in [3.8, 4) is 11.8 Å². The lowest BCUT2D eigenvalue weighted by Crippen LogP contribution is -2.15. The number of hydrogen-bond donors (Lipinski definition) is 2. The van der Waals surface area contributed by atoms with E-state index in [2.05, 4.69) is 15.0 Å². The van der Waals surface area contributed by atoms with E-state index < -0.39 is 5.60 Å². The third kappa shape index (κ3) is 2.83. The maximum absolute atomic E-state index is 10.3. The second-order valence-electron chi connectivity index (χ2n) is 5.70. The van der Waals surface area contributed by atoms with Gasteiger partial charge in [0.2, 0.25) is 5.95 Å². The normalized spacial score (nSPS) is 11.8. The van der Waals surface area contributed by atoms with Gasteiger partial charge in [0, 0.05) is 12.3 Å². The summed E-state index contributed by atoms with van der Waals surface area (Å²) in [7, 11) is 0. The van der Waals surface area contributed by atoms with E-state index >= 15 is 0 Å². The molecule has 0 saturated carbocycles. The van der Waals surface area contributed by atoms with Crippen LogP contribution in [0.3, 0.4) is 0 Å². The lowest BCUT2D eigenvalue weighted by atomic mass is 9.98. The van der Waals surface area contributed by atoms with Crippen LogP contribution in [0.1, 0.15) is 26.3 Å². The standard InChI is InChI=1S/C16H19N5O2/c1-4-23-15-19-11-6-5-10(16(2,3)22)9-12(11)21(15)13-7-8-18-14(17)20-13/h5-9,22H,4H2,1-3H3,(H2,17,18,20). The molecule has 0 aliphatic rings. The SMILES string of the molecule is CCOc1nc2ccc(C(C)(C)O)cc2n1-c1ccnc(N)n1. The van der Waals surface area contributed by atoms with E-state index in [4.69, 9.17) is 10.5 Å². The Morgan fingerprint density at radius 3 is 2.70 bits per heavy atom. The molecule has 0 atom stereocenters. The van der Waals surface area contributed by atoms with Gasteiger partial charge in [0.05, 0.1) is 23.2 Å². The van der Waals surface area contributed by atoms with Crippen LogP contribution in [0.5, 0.6) is 6.01 Å². The van der Waals surface area contributed by atoms with Crippen molar-refractivity contribution in [3.05, 3.63) is 36.0 Å². The van der Waals surface area contributed by atoms with Crippen LogP contribution in [0.2, 0.25) is 0 Å². The zero-order valence-electron chi connectivity index (χ0n) is 13.3. The summed E-state index contributed by atoms with van der Waals surface area (Å²) in [5.74, 6) is 0.738. The number of fused-ring (bicyclic) bond motifs is 1. The van der Waals surface area contributed by atoms with Crippen molar-refractivity contribution in [3.63, 3.8) is 0 Å². The fraction of sp³-hybridized carbons (Fsp3) is 0.312. The maximum atomic E-state index is 10.3. The van der Waals surface area contributed by atoms with Gasteiger partial charge < -0.3 is 15.6 Å². The third-order valence-corrected chi connectivity index (χ3v) is 3.49. The Bertz CT molecular complexity index is 851. The largest absolute Gasteiger partial charge is 0.465 e. The number of nitrogens with two attached hydrogens (primary N) is 1. The number of aliphatic hydroxyl groups is 1. The molecule has 2 aromatic heterocycles. The highest BCUT2D eigenvalue weighted by molar-refractivity contribution is 5.80. The van der Waals surface area contributed by atoms with Gasteiger partial charge in [0.15, 0.2) is 0 Å². The Balaban J connectivity index is 2.29. The van der Waals surface area contributed by atoms with E-state index in [1.165, 1.54) is 0 Å². The fourth-order valence-corrected chi connectivity index (χ4v) is 2.37. The highest BCUT2D eigenvalue weighted by Crippen LogP contribution is 2.29. The van der Waals surface area contributed by atoms with Gasteiger partial charge in [-0.05, 0) is 38.5 Å². The molecule has 23 heavy (non-hydrogen) atoms. The molecule has 2 heterocycles. The van der Waals surface area contributed by atoms with Gasteiger partial charge in [0.1, 0.15) is 5.82 Å². The van der Waals surface area contributed by atoms with Gasteiger partial charge in [0.25, 0.3) is 0 Å². The zero-order valence-corrected chi connectivity index (χ0v) is 13.3. The topological polar surface area (TPSA) is 99.1 Å². The highest BCUT2D eigenvalue weighted by atomic mass is 16.5. The first kappa shape index (κ1) is 15.2. The molecule has 0 aliphatic heterocycles. The van der Waals surface area contributed by atoms with Crippen LogP contribution in [0.15, 0.2) is 30.5 Å². The molecule has 7 nitrogen and oxygen atoms in total. The Hall–Kier alpha value is -2.67. The van der Waals surface area contributed by atoms with E-state index in [-0.39, 0.29) is 5.95 Å². The number of benzene rings is 1. The average Bonchev–Trinajstić information content (AvgIpc) is 2.83. The summed E-state index contributed by atoms with van der Waals surface area (Å²) in [4.78, 5) is 12.7. The summed E-state index contributed by atoms with van der Waals surface area (Å²) >= 11 is 0. The Kier molecular flexibility index (Phi) is 3.65. The minimum absolute atomic E-state index is 0.172. The van der Waals surface area contributed by atoms with Crippen molar-refractivity contribution < 1.29 is 9.84 Å². The molecule has 0 unspecified atom stereocenters. The van der Waals surface area contributed by atoms with Gasteiger partial charge >= 0.3 is 6.01 Å². The number of nitrogen functional groups attached to an aromatic ring is 1. The van der Waals surface area contributed by atoms with E-state index in [9.17, 15) is 5.11 Å². The Morgan fingerprint density at radius 2 is 2.04 bits per heavy atom. The molecule has 3 aromatic rings. The highest BCUT2D eigenvalue weighted by Gasteiger charge is 2.20. The van der Waals surface area contributed by atoms with Crippen LogP contribution in [-0.2, 0) is 5.60 Å². The molecule has 0 aliphatic carbocycles. The summed E-state index contributed by atoms with van der Waals surface area (Å²) < 4.78 is 7.40. The summed E-state index contributed by atoms with van der Waals surface area (Å²) in [5, 5.41) is 10.3. The van der Waals surface area contributed by atoms with Crippen LogP contribution in [0, 0.1) is 0 Å². The van der Waals surface area contributed by atoms with Crippen molar-refractivity contribution in [1.29, 1.82) is 0 Å². The minimum atomic E-state index is -0.959. The van der Waals surface area contributed by atoms with Gasteiger partial charge in [-0.25, -0.2) is 9.55 Å². The molecule has 0 bridgehead atoms. The number of ether oxygens (including phenoxy) is 1. The van der Waals surface area contributed by atoms with Crippen molar-refractivity contribution in [2.24, 2.45) is 0 Å². The molecular weight excluding hydrogens is 294 g/mol. The fourth-order valence-electron chi connectivity index (χ4n) is 2.37. The lowest BCUT2D eigenvalue weighted by molar-refractivity contribution is 0.0787. The molecule has 1 aromatic carbocycles. The predicted molar refractivity (Wildman–Crippen MR) is 87.5 cm³/mol. The number of imidazole rings is 1. The van der Waals surface area contributed by atoms with E-state index in [1.54, 1.807) is 30.7 Å². The number of aromatic nitrogens is 4. The first-order chi connectivity index (χ1) is 10.9. The molecule has 0 amide bonds. The van der Waals surface area contributed by atoms with Crippen LogP contribution >= 0.6 is 0 Å². The number of hydrogen-bond acceptors (Lipinski definition) is 6. The van der Waals surface area contributed by atoms with Gasteiger partial charge in [-0.1, -0.05) is 6.07 Å². The van der Waals surface area contributed by atoms with Crippen molar-refractivity contribution in [2.75, 3.05) is 12.3 Å². The van der Waals surface area contributed by atoms with Crippen LogP contribution < -0.4 is 10.5 Å². The van der Waals surface area contributed by atoms with Crippen molar-refractivity contribution in [1.82, 2.24) is 19.5 Å². The monoisotopic (exact) mass is 313 g/mol. The zero-order chi connectivity index (χ0) is 16.6.